The van der Waals surface area contributed by atoms with E-state index in [-0.39, 0.29) is 23.5 Å². The van der Waals surface area contributed by atoms with E-state index in [1.807, 2.05) is 0 Å². The van der Waals surface area contributed by atoms with Gasteiger partial charge in [-0.3, -0.25) is 20.0 Å². The molecular weight excluding hydrogens is 372 g/mol. The van der Waals surface area contributed by atoms with Gasteiger partial charge in [-0.25, -0.2) is 4.39 Å². The topological polar surface area (TPSA) is 88.3 Å². The summed E-state index contributed by atoms with van der Waals surface area (Å²) in [4.78, 5) is 26.8. The molecule has 3 rings (SSSR count). The van der Waals surface area contributed by atoms with E-state index in [1.54, 1.807) is 0 Å². The van der Waals surface area contributed by atoms with E-state index in [9.17, 15) is 27.2 Å². The molecule has 0 bridgehead atoms. The average Bonchev–Trinajstić information content (AvgIpc) is 3.07. The molecule has 0 radical (unpaired) electrons. The molecule has 0 spiro atoms. The van der Waals surface area contributed by atoms with E-state index in [4.69, 9.17) is 0 Å². The fourth-order valence-corrected chi connectivity index (χ4v) is 2.60. The number of carbonyl (C=O) groups is 2. The zero-order valence-corrected chi connectivity index (χ0v) is 13.8. The lowest BCUT2D eigenvalue weighted by atomic mass is 10.1. The Kier molecular flexibility index (Phi) is 5.10. The van der Waals surface area contributed by atoms with Crippen molar-refractivity contribution in [2.24, 2.45) is 0 Å². The van der Waals surface area contributed by atoms with Crippen LogP contribution in [-0.2, 0) is 22.2 Å². The summed E-state index contributed by atoms with van der Waals surface area (Å²) >= 11 is 0. The molecule has 1 aliphatic heterocycles. The van der Waals surface area contributed by atoms with Crippen LogP contribution in [0.2, 0.25) is 0 Å². The lowest BCUT2D eigenvalue weighted by molar-refractivity contribution is -0.159. The molecule has 0 aliphatic carbocycles. The van der Waals surface area contributed by atoms with Gasteiger partial charge in [0.15, 0.2) is 0 Å². The quantitative estimate of drug-likeness (QED) is 0.816. The van der Waals surface area contributed by atoms with Gasteiger partial charge in [0, 0.05) is 13.0 Å². The lowest BCUT2D eigenvalue weighted by Crippen LogP contribution is -2.48. The number of aromatic nitrogens is 2. The standard InChI is InChI=1S/C16H14F4N4O3/c17-11-7-9(8-12(25)22-24-6-2-1-3-13(24)26)4-5-10(11)14-21-15(27-23-14)16(18,19)20/h4-5,7H,1-3,6,8H2,(H,22,25). The van der Waals surface area contributed by atoms with Crippen molar-refractivity contribution >= 4 is 11.8 Å². The van der Waals surface area contributed by atoms with Gasteiger partial charge < -0.3 is 4.52 Å². The molecule has 1 saturated heterocycles. The normalized spacial score (nSPS) is 15.1. The number of carbonyl (C=O) groups excluding carboxylic acids is 2. The molecule has 11 heteroatoms. The number of nitrogens with zero attached hydrogens (tertiary/aromatic N) is 3. The average molecular weight is 386 g/mol. The third-order valence-corrected chi connectivity index (χ3v) is 3.89. The van der Waals surface area contributed by atoms with Crippen LogP contribution in [0.25, 0.3) is 11.4 Å². The van der Waals surface area contributed by atoms with Crippen molar-refractivity contribution in [3.05, 3.63) is 35.5 Å². The first kappa shape index (κ1) is 18.8. The fourth-order valence-electron chi connectivity index (χ4n) is 2.60. The van der Waals surface area contributed by atoms with Crippen molar-refractivity contribution in [3.63, 3.8) is 0 Å². The molecule has 1 aromatic carbocycles. The third-order valence-electron chi connectivity index (χ3n) is 3.89. The Morgan fingerprint density at radius 2 is 2.07 bits per heavy atom. The summed E-state index contributed by atoms with van der Waals surface area (Å²) < 4.78 is 55.7. The second-order valence-corrected chi connectivity index (χ2v) is 5.95. The van der Waals surface area contributed by atoms with E-state index in [1.165, 1.54) is 11.1 Å². The minimum atomic E-state index is -4.83. The minimum absolute atomic E-state index is 0.186. The summed E-state index contributed by atoms with van der Waals surface area (Å²) in [7, 11) is 0. The minimum Gasteiger partial charge on any atom is -0.329 e. The third kappa shape index (κ3) is 4.41. The van der Waals surface area contributed by atoms with Crippen LogP contribution in [0.1, 0.15) is 30.7 Å². The second-order valence-electron chi connectivity index (χ2n) is 5.95. The molecule has 0 atom stereocenters. The summed E-state index contributed by atoms with van der Waals surface area (Å²) in [5.41, 5.74) is 2.45. The van der Waals surface area contributed by atoms with Crippen molar-refractivity contribution in [2.75, 3.05) is 6.54 Å². The van der Waals surface area contributed by atoms with E-state index >= 15 is 0 Å². The van der Waals surface area contributed by atoms with Gasteiger partial charge in [-0.15, -0.1) is 0 Å². The predicted molar refractivity (Wildman–Crippen MR) is 82.1 cm³/mol. The van der Waals surface area contributed by atoms with Crippen molar-refractivity contribution < 1.29 is 31.7 Å². The molecule has 0 saturated carbocycles. The van der Waals surface area contributed by atoms with Crippen LogP contribution in [0.15, 0.2) is 22.7 Å². The first-order chi connectivity index (χ1) is 12.7. The van der Waals surface area contributed by atoms with Gasteiger partial charge in [-0.05, 0) is 30.5 Å². The van der Waals surface area contributed by atoms with Gasteiger partial charge in [0.1, 0.15) is 5.82 Å². The number of hydrogen-bond donors (Lipinski definition) is 1. The molecule has 2 heterocycles. The highest BCUT2D eigenvalue weighted by atomic mass is 19.4. The van der Waals surface area contributed by atoms with Crippen molar-refractivity contribution in [1.82, 2.24) is 20.6 Å². The number of hydrogen-bond acceptors (Lipinski definition) is 5. The number of rotatable bonds is 4. The van der Waals surface area contributed by atoms with Gasteiger partial charge in [0.25, 0.3) is 0 Å². The fraction of sp³-hybridized carbons (Fsp3) is 0.375. The zero-order valence-electron chi connectivity index (χ0n) is 13.8. The first-order valence-electron chi connectivity index (χ1n) is 8.03. The van der Waals surface area contributed by atoms with Gasteiger partial charge in [0.2, 0.25) is 17.6 Å². The second kappa shape index (κ2) is 7.33. The summed E-state index contributed by atoms with van der Waals surface area (Å²) in [6.07, 6.45) is -3.13. The van der Waals surface area contributed by atoms with E-state index in [0.29, 0.717) is 13.0 Å². The molecular formula is C16H14F4N4O3. The molecule has 2 aromatic rings. The smallest absolute Gasteiger partial charge is 0.329 e. The summed E-state index contributed by atoms with van der Waals surface area (Å²) in [6, 6.07) is 3.52. The molecule has 7 nitrogen and oxygen atoms in total. The highest BCUT2D eigenvalue weighted by molar-refractivity contribution is 5.83. The number of nitrogens with one attached hydrogen (secondary N) is 1. The van der Waals surface area contributed by atoms with E-state index < -0.39 is 29.6 Å². The molecule has 1 N–H and O–H groups in total. The zero-order chi connectivity index (χ0) is 19.6. The Bertz CT molecular complexity index is 866. The Hall–Kier alpha value is -2.98. The summed E-state index contributed by atoms with van der Waals surface area (Å²) in [5.74, 6) is -3.71. The van der Waals surface area contributed by atoms with Crippen LogP contribution in [0.4, 0.5) is 17.6 Å². The number of piperidine rings is 1. The SMILES string of the molecule is O=C(Cc1ccc(-c2noc(C(F)(F)F)n2)c(F)c1)NN1CCCCC1=O. The maximum absolute atomic E-state index is 14.2. The number of hydrazine groups is 1. The Balaban J connectivity index is 1.68. The van der Waals surface area contributed by atoms with Crippen LogP contribution >= 0.6 is 0 Å². The monoisotopic (exact) mass is 386 g/mol. The largest absolute Gasteiger partial charge is 0.471 e. The lowest BCUT2D eigenvalue weighted by Gasteiger charge is -2.26. The van der Waals surface area contributed by atoms with Crippen LogP contribution in [0, 0.1) is 5.82 Å². The molecule has 1 aliphatic rings. The van der Waals surface area contributed by atoms with E-state index in [2.05, 4.69) is 20.1 Å². The predicted octanol–water partition coefficient (Wildman–Crippen LogP) is 2.48. The number of benzene rings is 1. The highest BCUT2D eigenvalue weighted by Crippen LogP contribution is 2.30. The molecule has 27 heavy (non-hydrogen) atoms. The number of halogens is 4. The Morgan fingerprint density at radius 3 is 2.70 bits per heavy atom. The number of amides is 2. The molecule has 1 aromatic heterocycles. The molecule has 2 amide bonds. The molecule has 144 valence electrons. The van der Waals surface area contributed by atoms with Gasteiger partial charge in [-0.2, -0.15) is 18.2 Å². The van der Waals surface area contributed by atoms with Crippen LogP contribution < -0.4 is 5.43 Å². The number of alkyl halides is 3. The van der Waals surface area contributed by atoms with Gasteiger partial charge in [0.05, 0.1) is 12.0 Å². The Labute approximate surface area is 150 Å². The molecule has 1 fully saturated rings. The first-order valence-corrected chi connectivity index (χ1v) is 8.03. The van der Waals surface area contributed by atoms with Gasteiger partial charge in [-0.1, -0.05) is 11.2 Å². The van der Waals surface area contributed by atoms with E-state index in [0.717, 1.165) is 25.0 Å². The highest BCUT2D eigenvalue weighted by Gasteiger charge is 2.38. The van der Waals surface area contributed by atoms with Crippen LogP contribution in [-0.4, -0.2) is 33.5 Å². The van der Waals surface area contributed by atoms with Gasteiger partial charge >= 0.3 is 12.1 Å². The summed E-state index contributed by atoms with van der Waals surface area (Å²) in [5, 5.41) is 4.35. The van der Waals surface area contributed by atoms with Crippen LogP contribution in [0.5, 0.6) is 0 Å². The van der Waals surface area contributed by atoms with Crippen molar-refractivity contribution in [2.45, 2.75) is 31.9 Å². The maximum Gasteiger partial charge on any atom is 0.471 e. The molecule has 0 unspecified atom stereocenters. The maximum atomic E-state index is 14.2. The summed E-state index contributed by atoms with van der Waals surface area (Å²) in [6.45, 7) is 0.414. The van der Waals surface area contributed by atoms with Crippen LogP contribution in [0.3, 0.4) is 0 Å². The van der Waals surface area contributed by atoms with Crippen molar-refractivity contribution in [1.29, 1.82) is 0 Å². The Morgan fingerprint density at radius 1 is 1.30 bits per heavy atom. The van der Waals surface area contributed by atoms with Crippen molar-refractivity contribution in [3.8, 4) is 11.4 Å².